The molecule has 1 aromatic carbocycles. The highest BCUT2D eigenvalue weighted by Gasteiger charge is 2.44. The van der Waals surface area contributed by atoms with Crippen molar-refractivity contribution in [2.45, 2.75) is 25.5 Å². The molecule has 5 heteroatoms. The number of hydrogen-bond donors (Lipinski definition) is 1. The van der Waals surface area contributed by atoms with E-state index in [0.29, 0.717) is 17.7 Å². The number of aliphatic hydroxyl groups is 1. The molecule has 112 valence electrons. The first-order valence-electron chi connectivity index (χ1n) is 7.13. The predicted octanol–water partition coefficient (Wildman–Crippen LogP) is 2.08. The Hall–Kier alpha value is -2.53. The minimum absolute atomic E-state index is 0.195. The number of amides is 1. The van der Waals surface area contributed by atoms with Crippen LogP contribution in [0.25, 0.3) is 0 Å². The van der Waals surface area contributed by atoms with E-state index in [9.17, 15) is 9.90 Å². The summed E-state index contributed by atoms with van der Waals surface area (Å²) in [7, 11) is 0. The van der Waals surface area contributed by atoms with E-state index >= 15 is 0 Å². The van der Waals surface area contributed by atoms with Crippen molar-refractivity contribution in [2.75, 3.05) is 0 Å². The zero-order chi connectivity index (χ0) is 15.6. The Bertz CT molecular complexity index is 700. The third kappa shape index (κ3) is 2.63. The van der Waals surface area contributed by atoms with Gasteiger partial charge < -0.3 is 5.11 Å². The van der Waals surface area contributed by atoms with E-state index in [1.807, 2.05) is 30.3 Å². The number of rotatable bonds is 3. The molecule has 1 aliphatic rings. The molecule has 0 aliphatic carbocycles. The van der Waals surface area contributed by atoms with Gasteiger partial charge in [-0.2, -0.15) is 10.1 Å². The lowest BCUT2D eigenvalue weighted by atomic mass is 9.99. The van der Waals surface area contributed by atoms with Gasteiger partial charge in [-0.25, -0.2) is 0 Å². The van der Waals surface area contributed by atoms with Gasteiger partial charge >= 0.3 is 0 Å². The van der Waals surface area contributed by atoms with Crippen LogP contribution < -0.4 is 0 Å². The minimum atomic E-state index is -1.45. The lowest BCUT2D eigenvalue weighted by Gasteiger charge is -2.31. The molecule has 3 rings (SSSR count). The standard InChI is InChI=1S/C17H17N3O2/c1-13-11-17(22,15-8-5-9-18-12-15)20(19-13)16(21)10-14-6-3-2-4-7-14/h2-9,12,22H,10-11H2,1H3/t17-/m0/s1. The van der Waals surface area contributed by atoms with Gasteiger partial charge in [-0.05, 0) is 18.6 Å². The van der Waals surface area contributed by atoms with Gasteiger partial charge in [0.05, 0.1) is 6.42 Å². The smallest absolute Gasteiger partial charge is 0.250 e. The highest BCUT2D eigenvalue weighted by molar-refractivity contribution is 5.89. The second-order valence-corrected chi connectivity index (χ2v) is 5.44. The number of hydrazone groups is 1. The average molecular weight is 295 g/mol. The summed E-state index contributed by atoms with van der Waals surface area (Å²) in [5.41, 5.74) is 0.718. The summed E-state index contributed by atoms with van der Waals surface area (Å²) in [6.45, 7) is 1.80. The van der Waals surface area contributed by atoms with E-state index in [1.54, 1.807) is 31.5 Å². The molecule has 1 aliphatic heterocycles. The maximum Gasteiger partial charge on any atom is 0.250 e. The summed E-state index contributed by atoms with van der Waals surface area (Å²) in [5.74, 6) is -0.241. The lowest BCUT2D eigenvalue weighted by Crippen LogP contribution is -2.44. The summed E-state index contributed by atoms with van der Waals surface area (Å²) < 4.78 is 0. The Morgan fingerprint density at radius 2 is 2.05 bits per heavy atom. The summed E-state index contributed by atoms with van der Waals surface area (Å²) in [6.07, 6.45) is 3.68. The Kier molecular flexibility index (Phi) is 3.73. The zero-order valence-electron chi connectivity index (χ0n) is 12.3. The minimum Gasteiger partial charge on any atom is -0.365 e. The van der Waals surface area contributed by atoms with Gasteiger partial charge in [0.25, 0.3) is 0 Å². The molecule has 0 fully saturated rings. The van der Waals surface area contributed by atoms with Crippen molar-refractivity contribution in [1.29, 1.82) is 0 Å². The molecular formula is C17H17N3O2. The van der Waals surface area contributed by atoms with Crippen molar-refractivity contribution in [3.63, 3.8) is 0 Å². The highest BCUT2D eigenvalue weighted by Crippen LogP contribution is 2.35. The maximum atomic E-state index is 12.6. The molecule has 5 nitrogen and oxygen atoms in total. The van der Waals surface area contributed by atoms with Gasteiger partial charge in [0.1, 0.15) is 0 Å². The van der Waals surface area contributed by atoms with Crippen LogP contribution in [0.15, 0.2) is 60.0 Å². The molecule has 22 heavy (non-hydrogen) atoms. The second-order valence-electron chi connectivity index (χ2n) is 5.44. The van der Waals surface area contributed by atoms with Crippen LogP contribution in [0.3, 0.4) is 0 Å². The van der Waals surface area contributed by atoms with E-state index in [4.69, 9.17) is 0 Å². The molecular weight excluding hydrogens is 278 g/mol. The van der Waals surface area contributed by atoms with Crippen LogP contribution in [0.4, 0.5) is 0 Å². The molecule has 0 saturated carbocycles. The lowest BCUT2D eigenvalue weighted by molar-refractivity contribution is -0.157. The Morgan fingerprint density at radius 3 is 2.73 bits per heavy atom. The fraction of sp³-hybridized carbons (Fsp3) is 0.235. The monoisotopic (exact) mass is 295 g/mol. The van der Waals surface area contributed by atoms with Crippen molar-refractivity contribution in [1.82, 2.24) is 9.99 Å². The molecule has 1 aromatic heterocycles. The summed E-state index contributed by atoms with van der Waals surface area (Å²) in [6, 6.07) is 12.9. The van der Waals surface area contributed by atoms with Crippen molar-refractivity contribution >= 4 is 11.6 Å². The van der Waals surface area contributed by atoms with Crippen LogP contribution in [0.2, 0.25) is 0 Å². The quantitative estimate of drug-likeness (QED) is 0.942. The van der Waals surface area contributed by atoms with Gasteiger partial charge in [0, 0.05) is 30.1 Å². The third-order valence-electron chi connectivity index (χ3n) is 3.68. The van der Waals surface area contributed by atoms with Gasteiger partial charge in [-0.3, -0.25) is 9.78 Å². The summed E-state index contributed by atoms with van der Waals surface area (Å²) in [5, 5.41) is 16.4. The molecule has 2 aromatic rings. The Morgan fingerprint density at radius 1 is 1.27 bits per heavy atom. The van der Waals surface area contributed by atoms with Crippen molar-refractivity contribution in [2.24, 2.45) is 5.10 Å². The second kappa shape index (κ2) is 5.69. The molecule has 2 heterocycles. The molecule has 0 saturated heterocycles. The largest absolute Gasteiger partial charge is 0.365 e. The molecule has 0 unspecified atom stereocenters. The number of nitrogens with zero attached hydrogens (tertiary/aromatic N) is 3. The number of carbonyl (C=O) groups is 1. The first-order valence-corrected chi connectivity index (χ1v) is 7.13. The summed E-state index contributed by atoms with van der Waals surface area (Å²) in [4.78, 5) is 16.6. The van der Waals surface area contributed by atoms with Crippen LogP contribution in [-0.4, -0.2) is 26.7 Å². The van der Waals surface area contributed by atoms with E-state index < -0.39 is 5.72 Å². The number of benzene rings is 1. The molecule has 1 N–H and O–H groups in total. The highest BCUT2D eigenvalue weighted by atomic mass is 16.3. The summed E-state index contributed by atoms with van der Waals surface area (Å²) >= 11 is 0. The fourth-order valence-corrected chi connectivity index (χ4v) is 2.65. The van der Waals surface area contributed by atoms with E-state index in [1.165, 1.54) is 5.01 Å². The maximum absolute atomic E-state index is 12.6. The van der Waals surface area contributed by atoms with Crippen molar-refractivity contribution < 1.29 is 9.90 Å². The molecule has 0 spiro atoms. The van der Waals surface area contributed by atoms with E-state index in [2.05, 4.69) is 10.1 Å². The predicted molar refractivity (Wildman–Crippen MR) is 82.9 cm³/mol. The van der Waals surface area contributed by atoms with Gasteiger partial charge in [0.2, 0.25) is 5.91 Å². The van der Waals surface area contributed by atoms with E-state index in [-0.39, 0.29) is 12.3 Å². The molecule has 0 radical (unpaired) electrons. The fourth-order valence-electron chi connectivity index (χ4n) is 2.65. The first-order chi connectivity index (χ1) is 10.6. The van der Waals surface area contributed by atoms with Crippen LogP contribution in [0.5, 0.6) is 0 Å². The van der Waals surface area contributed by atoms with Crippen LogP contribution in [0, 0.1) is 0 Å². The number of hydrogen-bond acceptors (Lipinski definition) is 4. The molecule has 0 bridgehead atoms. The number of aromatic nitrogens is 1. The van der Waals surface area contributed by atoms with Crippen LogP contribution in [0.1, 0.15) is 24.5 Å². The molecule has 1 amide bonds. The number of carbonyl (C=O) groups excluding carboxylic acids is 1. The first kappa shape index (κ1) is 14.4. The van der Waals surface area contributed by atoms with E-state index in [0.717, 1.165) is 5.56 Å². The SMILES string of the molecule is CC1=NN(C(=O)Cc2ccccc2)[C@@](O)(c2cccnc2)C1. The topological polar surface area (TPSA) is 65.8 Å². The van der Waals surface area contributed by atoms with Gasteiger partial charge in [0.15, 0.2) is 5.72 Å². The van der Waals surface area contributed by atoms with Crippen molar-refractivity contribution in [3.8, 4) is 0 Å². The Balaban J connectivity index is 1.88. The van der Waals surface area contributed by atoms with Crippen LogP contribution in [-0.2, 0) is 16.9 Å². The van der Waals surface area contributed by atoms with Gasteiger partial charge in [-0.1, -0.05) is 36.4 Å². The zero-order valence-corrected chi connectivity index (χ0v) is 12.3. The Labute approximate surface area is 128 Å². The van der Waals surface area contributed by atoms with Gasteiger partial charge in [-0.15, -0.1) is 0 Å². The van der Waals surface area contributed by atoms with Crippen molar-refractivity contribution in [3.05, 3.63) is 66.0 Å². The average Bonchev–Trinajstić information content (AvgIpc) is 2.85. The number of pyridine rings is 1. The third-order valence-corrected chi connectivity index (χ3v) is 3.68. The normalized spacial score (nSPS) is 20.8. The molecule has 1 atom stereocenters. The van der Waals surface area contributed by atoms with Crippen LogP contribution >= 0.6 is 0 Å².